The third-order valence-corrected chi connectivity index (χ3v) is 4.33. The van der Waals surface area contributed by atoms with Crippen LogP contribution in [-0.4, -0.2) is 22.4 Å². The zero-order valence-electron chi connectivity index (χ0n) is 12.9. The molecule has 1 aliphatic heterocycles. The molecule has 4 nitrogen and oxygen atoms in total. The van der Waals surface area contributed by atoms with E-state index < -0.39 is 0 Å². The van der Waals surface area contributed by atoms with Gasteiger partial charge in [0.1, 0.15) is 0 Å². The Hall–Kier alpha value is -1.81. The lowest BCUT2D eigenvalue weighted by atomic mass is 9.98. The van der Waals surface area contributed by atoms with E-state index in [0.29, 0.717) is 6.04 Å². The Kier molecular flexibility index (Phi) is 3.97. The van der Waals surface area contributed by atoms with Crippen molar-refractivity contribution >= 4 is 5.69 Å². The number of aromatic nitrogens is 2. The van der Waals surface area contributed by atoms with Gasteiger partial charge in [0, 0.05) is 30.5 Å². The quantitative estimate of drug-likeness (QED) is 0.939. The van der Waals surface area contributed by atoms with E-state index in [9.17, 15) is 0 Å². The Morgan fingerprint density at radius 3 is 2.95 bits per heavy atom. The molecule has 112 valence electrons. The van der Waals surface area contributed by atoms with Crippen molar-refractivity contribution in [3.63, 3.8) is 0 Å². The molecule has 0 spiro atoms. The predicted octanol–water partition coefficient (Wildman–Crippen LogP) is 2.74. The second-order valence-electron chi connectivity index (χ2n) is 6.02. The van der Waals surface area contributed by atoms with Crippen LogP contribution < -0.4 is 10.6 Å². The monoisotopic (exact) mass is 284 g/mol. The van der Waals surface area contributed by atoms with E-state index in [0.717, 1.165) is 31.6 Å². The second kappa shape index (κ2) is 5.90. The van der Waals surface area contributed by atoms with Gasteiger partial charge in [-0.15, -0.1) is 0 Å². The molecule has 2 atom stereocenters. The number of fused-ring (bicyclic) bond motifs is 1. The summed E-state index contributed by atoms with van der Waals surface area (Å²) in [5, 5.41) is 4.71. The molecule has 3 rings (SSSR count). The van der Waals surface area contributed by atoms with Gasteiger partial charge in [0.25, 0.3) is 0 Å². The summed E-state index contributed by atoms with van der Waals surface area (Å²) in [6.07, 6.45) is 4.14. The van der Waals surface area contributed by atoms with Crippen LogP contribution in [0.2, 0.25) is 0 Å². The number of hydrogen-bond donors (Lipinski definition) is 1. The minimum atomic E-state index is 0.205. The van der Waals surface area contributed by atoms with Crippen LogP contribution in [0.25, 0.3) is 0 Å². The van der Waals surface area contributed by atoms with Crippen LogP contribution in [0.3, 0.4) is 0 Å². The molecule has 1 aromatic carbocycles. The average Bonchev–Trinajstić information content (AvgIpc) is 2.95. The molecule has 2 N–H and O–H groups in total. The Balaban J connectivity index is 1.80. The number of benzene rings is 1. The van der Waals surface area contributed by atoms with E-state index in [-0.39, 0.29) is 6.04 Å². The van der Waals surface area contributed by atoms with Crippen molar-refractivity contribution in [2.75, 3.05) is 11.4 Å². The van der Waals surface area contributed by atoms with E-state index in [4.69, 9.17) is 10.8 Å². The Morgan fingerprint density at radius 2 is 2.14 bits per heavy atom. The minimum Gasteiger partial charge on any atom is -0.364 e. The van der Waals surface area contributed by atoms with Crippen LogP contribution in [0.4, 0.5) is 5.69 Å². The number of anilines is 1. The standard InChI is InChI=1S/C17H24N4/c1-3-13(2)21-9-8-16(19-21)12-20-11-15(18)10-14-6-4-5-7-17(14)20/h4-9,13,15H,3,10-12,18H2,1-2H3. The summed E-state index contributed by atoms with van der Waals surface area (Å²) in [6, 6.07) is 11.3. The van der Waals surface area contributed by atoms with Gasteiger partial charge >= 0.3 is 0 Å². The van der Waals surface area contributed by atoms with E-state index in [1.54, 1.807) is 0 Å². The molecule has 0 amide bonds. The molecule has 0 fully saturated rings. The molecule has 0 radical (unpaired) electrons. The predicted molar refractivity (Wildman–Crippen MR) is 86.4 cm³/mol. The smallest absolute Gasteiger partial charge is 0.0817 e. The van der Waals surface area contributed by atoms with Crippen LogP contribution in [0.5, 0.6) is 0 Å². The fraction of sp³-hybridized carbons (Fsp3) is 0.471. The van der Waals surface area contributed by atoms with Crippen LogP contribution in [0, 0.1) is 0 Å². The van der Waals surface area contributed by atoms with Crippen LogP contribution in [0.1, 0.15) is 37.6 Å². The number of hydrogen-bond acceptors (Lipinski definition) is 3. The first-order valence-electron chi connectivity index (χ1n) is 7.80. The summed E-state index contributed by atoms with van der Waals surface area (Å²) in [6.45, 7) is 6.11. The molecule has 2 aromatic rings. The summed E-state index contributed by atoms with van der Waals surface area (Å²) in [7, 11) is 0. The molecule has 2 unspecified atom stereocenters. The SMILES string of the molecule is CCC(C)n1ccc(CN2CC(N)Cc3ccccc32)n1. The molecular formula is C17H24N4. The molecule has 0 bridgehead atoms. The Bertz CT molecular complexity index is 604. The molecule has 1 aromatic heterocycles. The largest absolute Gasteiger partial charge is 0.364 e. The fourth-order valence-corrected chi connectivity index (χ4v) is 2.96. The van der Waals surface area contributed by atoms with E-state index in [1.165, 1.54) is 11.3 Å². The minimum absolute atomic E-state index is 0.205. The van der Waals surface area contributed by atoms with Gasteiger partial charge in [0.05, 0.1) is 12.2 Å². The maximum atomic E-state index is 6.20. The summed E-state index contributed by atoms with van der Waals surface area (Å²) < 4.78 is 2.06. The average molecular weight is 284 g/mol. The fourth-order valence-electron chi connectivity index (χ4n) is 2.96. The number of nitrogens with two attached hydrogens (primary N) is 1. The van der Waals surface area contributed by atoms with Crippen molar-refractivity contribution in [3.8, 4) is 0 Å². The van der Waals surface area contributed by atoms with Crippen molar-refractivity contribution in [3.05, 3.63) is 47.8 Å². The van der Waals surface area contributed by atoms with Crippen molar-refractivity contribution in [2.24, 2.45) is 5.73 Å². The van der Waals surface area contributed by atoms with Gasteiger partial charge in [-0.1, -0.05) is 25.1 Å². The van der Waals surface area contributed by atoms with Crippen molar-refractivity contribution in [1.82, 2.24) is 9.78 Å². The highest BCUT2D eigenvalue weighted by atomic mass is 15.3. The molecule has 21 heavy (non-hydrogen) atoms. The summed E-state index contributed by atoms with van der Waals surface area (Å²) >= 11 is 0. The van der Waals surface area contributed by atoms with Crippen molar-refractivity contribution in [1.29, 1.82) is 0 Å². The zero-order chi connectivity index (χ0) is 14.8. The maximum Gasteiger partial charge on any atom is 0.0817 e. The molecule has 0 aliphatic carbocycles. The van der Waals surface area contributed by atoms with E-state index in [2.05, 4.69) is 60.0 Å². The highest BCUT2D eigenvalue weighted by Gasteiger charge is 2.22. The Labute approximate surface area is 126 Å². The lowest BCUT2D eigenvalue weighted by molar-refractivity contribution is 0.472. The van der Waals surface area contributed by atoms with Gasteiger partial charge in [-0.2, -0.15) is 5.10 Å². The first kappa shape index (κ1) is 14.1. The second-order valence-corrected chi connectivity index (χ2v) is 6.02. The van der Waals surface area contributed by atoms with Gasteiger partial charge in [0.15, 0.2) is 0 Å². The maximum absolute atomic E-state index is 6.20. The molecule has 2 heterocycles. The van der Waals surface area contributed by atoms with E-state index in [1.807, 2.05) is 0 Å². The summed E-state index contributed by atoms with van der Waals surface area (Å²) in [5.74, 6) is 0. The summed E-state index contributed by atoms with van der Waals surface area (Å²) in [4.78, 5) is 2.35. The third-order valence-electron chi connectivity index (χ3n) is 4.33. The zero-order valence-corrected chi connectivity index (χ0v) is 12.9. The van der Waals surface area contributed by atoms with Gasteiger partial charge in [0.2, 0.25) is 0 Å². The highest BCUT2D eigenvalue weighted by molar-refractivity contribution is 5.56. The van der Waals surface area contributed by atoms with Crippen LogP contribution in [-0.2, 0) is 13.0 Å². The summed E-state index contributed by atoms with van der Waals surface area (Å²) in [5.41, 5.74) is 9.96. The molecule has 0 saturated heterocycles. The Morgan fingerprint density at radius 1 is 1.33 bits per heavy atom. The number of nitrogens with zero attached hydrogens (tertiary/aromatic N) is 3. The van der Waals surface area contributed by atoms with E-state index >= 15 is 0 Å². The lowest BCUT2D eigenvalue weighted by Gasteiger charge is -2.34. The van der Waals surface area contributed by atoms with Gasteiger partial charge in [-0.25, -0.2) is 0 Å². The molecule has 1 aliphatic rings. The molecule has 4 heteroatoms. The topological polar surface area (TPSA) is 47.1 Å². The number of para-hydroxylation sites is 1. The van der Waals surface area contributed by atoms with Gasteiger partial charge in [-0.05, 0) is 37.5 Å². The highest BCUT2D eigenvalue weighted by Crippen LogP contribution is 2.27. The number of rotatable bonds is 4. The van der Waals surface area contributed by atoms with Gasteiger partial charge < -0.3 is 10.6 Å². The van der Waals surface area contributed by atoms with Crippen LogP contribution >= 0.6 is 0 Å². The first-order valence-corrected chi connectivity index (χ1v) is 7.80. The third kappa shape index (κ3) is 2.95. The van der Waals surface area contributed by atoms with Crippen molar-refractivity contribution < 1.29 is 0 Å². The normalized spacial score (nSPS) is 19.4. The van der Waals surface area contributed by atoms with Crippen LogP contribution in [0.15, 0.2) is 36.5 Å². The van der Waals surface area contributed by atoms with Crippen molar-refractivity contribution in [2.45, 2.75) is 45.3 Å². The first-order chi connectivity index (χ1) is 10.2. The molecule has 0 saturated carbocycles. The molecular weight excluding hydrogens is 260 g/mol. The lowest BCUT2D eigenvalue weighted by Crippen LogP contribution is -2.43. The van der Waals surface area contributed by atoms with Gasteiger partial charge in [-0.3, -0.25) is 4.68 Å².